The molecule has 0 fully saturated rings. The van der Waals surface area contributed by atoms with Crippen LogP contribution in [0.15, 0.2) is 91.0 Å². The number of nitriles is 1. The third kappa shape index (κ3) is 7.12. The number of carbonyl (C=O) groups is 1. The highest BCUT2D eigenvalue weighted by molar-refractivity contribution is 5.95. The van der Waals surface area contributed by atoms with Gasteiger partial charge in [-0.3, -0.25) is 4.79 Å². The molecule has 0 saturated carbocycles. The molecule has 0 bridgehead atoms. The summed E-state index contributed by atoms with van der Waals surface area (Å²) >= 11 is 0. The highest BCUT2D eigenvalue weighted by Gasteiger charge is 2.41. The zero-order chi connectivity index (χ0) is 31.4. The number of hydrogen-bond acceptors (Lipinski definition) is 3. The number of nitrogens with one attached hydrogen (secondary N) is 1. The maximum atomic E-state index is 14.8. The topological polar surface area (TPSA) is 62.1 Å². The van der Waals surface area contributed by atoms with Crippen LogP contribution in [-0.2, 0) is 24.3 Å². The third-order valence-electron chi connectivity index (χ3n) is 6.53. The van der Waals surface area contributed by atoms with Crippen LogP contribution in [0.2, 0.25) is 0 Å². The van der Waals surface area contributed by atoms with Gasteiger partial charge in [-0.25, -0.2) is 8.78 Å². The molecule has 4 aromatic carbocycles. The number of hydrogen-bond donors (Lipinski definition) is 1. The van der Waals surface area contributed by atoms with Gasteiger partial charge in [0.1, 0.15) is 11.9 Å². The third-order valence-corrected chi connectivity index (χ3v) is 6.53. The first-order valence-electron chi connectivity index (χ1n) is 12.4. The Labute approximate surface area is 240 Å². The number of halogens is 8. The quantitative estimate of drug-likeness (QED) is 0.209. The molecule has 1 amide bonds. The molecule has 222 valence electrons. The average Bonchev–Trinajstić information content (AvgIpc) is 2.95. The molecule has 0 spiro atoms. The van der Waals surface area contributed by atoms with Crippen LogP contribution < -0.4 is 10.1 Å². The summed E-state index contributed by atoms with van der Waals surface area (Å²) in [5.41, 5.74) is -5.33. The highest BCUT2D eigenvalue weighted by Crippen LogP contribution is 2.40. The van der Waals surface area contributed by atoms with Gasteiger partial charge >= 0.3 is 12.4 Å². The molecular weight excluding hydrogens is 584 g/mol. The first-order valence-corrected chi connectivity index (χ1v) is 12.4. The number of ether oxygens (including phenoxy) is 1. The molecule has 0 saturated heterocycles. The van der Waals surface area contributed by atoms with Crippen molar-refractivity contribution in [2.24, 2.45) is 0 Å². The Balaban J connectivity index is 2.02. The van der Waals surface area contributed by atoms with Crippen molar-refractivity contribution in [1.82, 2.24) is 5.32 Å². The predicted octanol–water partition coefficient (Wildman–Crippen LogP) is 7.82. The largest absolute Gasteiger partial charge is 0.476 e. The number of amides is 1. The molecule has 0 unspecified atom stereocenters. The maximum absolute atomic E-state index is 14.8. The zero-order valence-electron chi connectivity index (χ0n) is 21.9. The summed E-state index contributed by atoms with van der Waals surface area (Å²) in [5.74, 6) is -3.92. The van der Waals surface area contributed by atoms with Crippen molar-refractivity contribution in [2.75, 3.05) is 6.61 Å². The molecule has 12 heteroatoms. The Morgan fingerprint density at radius 3 is 2.07 bits per heavy atom. The Morgan fingerprint density at radius 1 is 0.744 bits per heavy atom. The summed E-state index contributed by atoms with van der Waals surface area (Å²) in [6, 6.07) is 17.5. The second-order valence-electron chi connectivity index (χ2n) is 9.42. The van der Waals surface area contributed by atoms with E-state index in [4.69, 9.17) is 10.00 Å². The van der Waals surface area contributed by atoms with Crippen molar-refractivity contribution in [3.05, 3.63) is 136 Å². The number of benzene rings is 4. The van der Waals surface area contributed by atoms with Gasteiger partial charge in [-0.15, -0.1) is 0 Å². The summed E-state index contributed by atoms with van der Waals surface area (Å²) in [4.78, 5) is 13.6. The molecule has 0 aliphatic carbocycles. The molecule has 1 N–H and O–H groups in total. The number of carbonyl (C=O) groups excluding carboxylic acids is 1. The molecule has 0 aromatic heterocycles. The molecule has 4 nitrogen and oxygen atoms in total. The van der Waals surface area contributed by atoms with Crippen molar-refractivity contribution in [3.8, 4) is 11.8 Å². The van der Waals surface area contributed by atoms with Gasteiger partial charge in [0, 0.05) is 12.0 Å². The normalized spacial score (nSPS) is 13.1. The second-order valence-corrected chi connectivity index (χ2v) is 9.42. The van der Waals surface area contributed by atoms with Gasteiger partial charge in [0.2, 0.25) is 0 Å². The Hall–Kier alpha value is -4.92. The van der Waals surface area contributed by atoms with Gasteiger partial charge < -0.3 is 10.1 Å². The molecule has 0 aliphatic heterocycles. The zero-order valence-corrected chi connectivity index (χ0v) is 21.9. The van der Waals surface area contributed by atoms with Crippen molar-refractivity contribution in [3.63, 3.8) is 0 Å². The lowest BCUT2D eigenvalue weighted by Crippen LogP contribution is -2.49. The lowest BCUT2D eigenvalue weighted by Gasteiger charge is -2.37. The first kappa shape index (κ1) is 31.0. The van der Waals surface area contributed by atoms with E-state index in [-0.39, 0.29) is 18.1 Å². The van der Waals surface area contributed by atoms with Crippen LogP contribution >= 0.6 is 0 Å². The smallest absolute Gasteiger partial charge is 0.416 e. The van der Waals surface area contributed by atoms with Crippen LogP contribution in [0.1, 0.15) is 38.2 Å². The minimum Gasteiger partial charge on any atom is -0.476 e. The van der Waals surface area contributed by atoms with E-state index >= 15 is 0 Å². The molecule has 0 aliphatic rings. The number of nitrogens with zero attached hydrogens (tertiary/aromatic N) is 1. The fraction of sp³-hybridized carbons (Fsp3) is 0.161. The van der Waals surface area contributed by atoms with E-state index in [1.165, 1.54) is 0 Å². The van der Waals surface area contributed by atoms with Gasteiger partial charge in [-0.2, -0.15) is 31.6 Å². The second kappa shape index (κ2) is 12.1. The van der Waals surface area contributed by atoms with E-state index in [0.29, 0.717) is 17.7 Å². The van der Waals surface area contributed by atoms with E-state index in [9.17, 15) is 39.9 Å². The SMILES string of the molecule is N#CCOc1cc([C@@](Cc2ccccc2)(NC(=O)c2cccc(C(F)(F)F)c2)c2cc(F)cc(C(F)(F)F)c2)ccc1F. The van der Waals surface area contributed by atoms with E-state index in [1.807, 2.05) is 0 Å². The fourth-order valence-corrected chi connectivity index (χ4v) is 4.55. The van der Waals surface area contributed by atoms with Crippen LogP contribution in [0.3, 0.4) is 0 Å². The summed E-state index contributed by atoms with van der Waals surface area (Å²) < 4.78 is 116. The summed E-state index contributed by atoms with van der Waals surface area (Å²) in [5, 5.41) is 11.4. The van der Waals surface area contributed by atoms with Crippen molar-refractivity contribution in [1.29, 1.82) is 5.26 Å². The first-order chi connectivity index (χ1) is 20.2. The summed E-state index contributed by atoms with van der Waals surface area (Å²) in [7, 11) is 0. The van der Waals surface area contributed by atoms with E-state index in [2.05, 4.69) is 5.32 Å². The van der Waals surface area contributed by atoms with E-state index in [0.717, 1.165) is 42.5 Å². The van der Waals surface area contributed by atoms with Crippen LogP contribution in [0.25, 0.3) is 0 Å². The van der Waals surface area contributed by atoms with Crippen LogP contribution in [0.4, 0.5) is 35.1 Å². The minimum atomic E-state index is -5.02. The molecule has 4 rings (SSSR count). The van der Waals surface area contributed by atoms with Gasteiger partial charge in [-0.1, -0.05) is 42.5 Å². The van der Waals surface area contributed by atoms with Gasteiger partial charge in [0.05, 0.1) is 16.7 Å². The minimum absolute atomic E-state index is 0.107. The predicted molar refractivity (Wildman–Crippen MR) is 139 cm³/mol. The van der Waals surface area contributed by atoms with Crippen molar-refractivity contribution < 1.29 is 44.7 Å². The van der Waals surface area contributed by atoms with Gasteiger partial charge in [0.15, 0.2) is 18.2 Å². The van der Waals surface area contributed by atoms with Crippen molar-refractivity contribution in [2.45, 2.75) is 24.3 Å². The van der Waals surface area contributed by atoms with Gasteiger partial charge in [0.25, 0.3) is 5.91 Å². The standard InChI is InChI=1S/C31H20F8N2O2/c32-25-15-23(14-24(16-25)31(37,38)39)29(18-19-5-2-1-3-6-19,21-9-10-26(33)27(17-21)43-12-11-40)41-28(42)20-7-4-8-22(13-20)30(34,35)36/h1-10,13-17H,12,18H2,(H,41,42)/t29-/m1/s1. The Kier molecular flexibility index (Phi) is 8.75. The Bertz CT molecular complexity index is 1660. The fourth-order valence-electron chi connectivity index (χ4n) is 4.55. The summed E-state index contributed by atoms with van der Waals surface area (Å²) in [6.45, 7) is -0.610. The average molecular weight is 604 g/mol. The molecular formula is C31H20F8N2O2. The van der Waals surface area contributed by atoms with Crippen molar-refractivity contribution >= 4 is 5.91 Å². The van der Waals surface area contributed by atoms with Crippen LogP contribution in [-0.4, -0.2) is 12.5 Å². The summed E-state index contributed by atoms with van der Waals surface area (Å²) in [6.07, 6.45) is -10.2. The van der Waals surface area contributed by atoms with E-state index in [1.54, 1.807) is 36.4 Å². The van der Waals surface area contributed by atoms with E-state index < -0.39 is 70.0 Å². The lowest BCUT2D eigenvalue weighted by atomic mass is 9.77. The molecule has 0 heterocycles. The monoisotopic (exact) mass is 604 g/mol. The molecule has 4 aromatic rings. The lowest BCUT2D eigenvalue weighted by molar-refractivity contribution is -0.138. The Morgan fingerprint density at radius 2 is 1.42 bits per heavy atom. The maximum Gasteiger partial charge on any atom is 0.416 e. The molecule has 1 atom stereocenters. The molecule has 43 heavy (non-hydrogen) atoms. The van der Waals surface area contributed by atoms with Crippen LogP contribution in [0, 0.1) is 23.0 Å². The molecule has 0 radical (unpaired) electrons. The number of alkyl halides is 6. The van der Waals surface area contributed by atoms with Crippen LogP contribution in [0.5, 0.6) is 5.75 Å². The highest BCUT2D eigenvalue weighted by atomic mass is 19.4. The van der Waals surface area contributed by atoms with Gasteiger partial charge in [-0.05, 0) is 65.2 Å². The number of rotatable bonds is 8.